The average molecular weight is 194 g/mol. The van der Waals surface area contributed by atoms with Crippen LogP contribution in [0.25, 0.3) is 0 Å². The Labute approximate surface area is 84.6 Å². The van der Waals surface area contributed by atoms with Gasteiger partial charge in [-0.05, 0) is 25.7 Å². The molecule has 14 heavy (non-hydrogen) atoms. The summed E-state index contributed by atoms with van der Waals surface area (Å²) in [6.07, 6.45) is 4.97. The summed E-state index contributed by atoms with van der Waals surface area (Å²) in [5.74, 6) is 2.53. The number of aromatic hydroxyl groups is 1. The zero-order valence-electron chi connectivity index (χ0n) is 8.88. The minimum Gasteiger partial charge on any atom is -0.492 e. The van der Waals surface area contributed by atoms with E-state index in [0.717, 1.165) is 17.4 Å². The first-order valence-electron chi connectivity index (χ1n) is 5.42. The van der Waals surface area contributed by atoms with E-state index >= 15 is 0 Å². The van der Waals surface area contributed by atoms with Gasteiger partial charge in [0.2, 0.25) is 5.88 Å². The highest BCUT2D eigenvalue weighted by Crippen LogP contribution is 2.35. The van der Waals surface area contributed by atoms with Crippen LogP contribution in [0.1, 0.15) is 50.0 Å². The lowest BCUT2D eigenvalue weighted by molar-refractivity contribution is 0.339. The first-order chi connectivity index (χ1) is 6.66. The van der Waals surface area contributed by atoms with E-state index in [0.29, 0.717) is 5.92 Å². The molecular formula is C11H18N2O. The van der Waals surface area contributed by atoms with Crippen molar-refractivity contribution in [1.82, 2.24) is 9.97 Å². The maximum absolute atomic E-state index is 9.38. The van der Waals surface area contributed by atoms with Gasteiger partial charge in [0.25, 0.3) is 0 Å². The molecule has 0 unspecified atom stereocenters. The highest BCUT2D eigenvalue weighted by Gasteiger charge is 2.22. The molecule has 1 aromatic rings. The van der Waals surface area contributed by atoms with Crippen LogP contribution in [0.2, 0.25) is 0 Å². The molecule has 0 aromatic carbocycles. The molecule has 1 aliphatic rings. The number of hydrogen-bond acceptors (Lipinski definition) is 2. The zero-order valence-corrected chi connectivity index (χ0v) is 8.88. The van der Waals surface area contributed by atoms with Crippen LogP contribution in [0.4, 0.5) is 0 Å². The number of nitrogens with zero attached hydrogens (tertiary/aromatic N) is 1. The Bertz CT molecular complexity index is 292. The number of aromatic nitrogens is 2. The molecule has 1 aliphatic carbocycles. The van der Waals surface area contributed by atoms with E-state index in [-0.39, 0.29) is 5.88 Å². The van der Waals surface area contributed by atoms with Crippen LogP contribution in [-0.4, -0.2) is 15.1 Å². The van der Waals surface area contributed by atoms with E-state index in [1.807, 2.05) is 6.92 Å². The maximum atomic E-state index is 9.38. The SMILES string of the molecule is Cc1[nH]c(C2CCC(C)CC2)nc1O. The van der Waals surface area contributed by atoms with Gasteiger partial charge < -0.3 is 10.1 Å². The molecule has 0 saturated heterocycles. The van der Waals surface area contributed by atoms with Crippen LogP contribution in [0.3, 0.4) is 0 Å². The molecule has 3 heteroatoms. The second-order valence-electron chi connectivity index (χ2n) is 4.53. The normalized spacial score (nSPS) is 27.9. The number of aromatic amines is 1. The quantitative estimate of drug-likeness (QED) is 0.722. The van der Waals surface area contributed by atoms with Crippen LogP contribution in [0.5, 0.6) is 5.88 Å². The van der Waals surface area contributed by atoms with Crippen molar-refractivity contribution in [2.24, 2.45) is 5.92 Å². The van der Waals surface area contributed by atoms with Gasteiger partial charge in [0.15, 0.2) is 0 Å². The lowest BCUT2D eigenvalue weighted by atomic mass is 9.83. The highest BCUT2D eigenvalue weighted by molar-refractivity contribution is 5.19. The fourth-order valence-electron chi connectivity index (χ4n) is 2.20. The molecule has 0 bridgehead atoms. The Morgan fingerprint density at radius 1 is 1.29 bits per heavy atom. The standard InChI is InChI=1S/C11H18N2O/c1-7-3-5-9(6-4-7)10-12-8(2)11(14)13-10/h7,9,14H,3-6H2,1-2H3,(H,12,13). The summed E-state index contributed by atoms with van der Waals surface area (Å²) in [5.41, 5.74) is 0.790. The Morgan fingerprint density at radius 3 is 2.43 bits per heavy atom. The number of rotatable bonds is 1. The number of H-pyrrole nitrogens is 1. The van der Waals surface area contributed by atoms with E-state index in [1.165, 1.54) is 25.7 Å². The number of nitrogens with one attached hydrogen (secondary N) is 1. The smallest absolute Gasteiger partial charge is 0.232 e. The molecule has 0 atom stereocenters. The summed E-state index contributed by atoms with van der Waals surface area (Å²) in [7, 11) is 0. The zero-order chi connectivity index (χ0) is 10.1. The Kier molecular flexibility index (Phi) is 2.48. The van der Waals surface area contributed by atoms with Crippen LogP contribution in [0, 0.1) is 12.8 Å². The van der Waals surface area contributed by atoms with Gasteiger partial charge in [0.1, 0.15) is 5.82 Å². The van der Waals surface area contributed by atoms with Crippen molar-refractivity contribution in [3.63, 3.8) is 0 Å². The van der Waals surface area contributed by atoms with Gasteiger partial charge in [-0.2, -0.15) is 4.98 Å². The third kappa shape index (κ3) is 1.76. The summed E-state index contributed by atoms with van der Waals surface area (Å²) in [6.45, 7) is 4.17. The first kappa shape index (κ1) is 9.56. The van der Waals surface area contributed by atoms with E-state index < -0.39 is 0 Å². The van der Waals surface area contributed by atoms with Crippen molar-refractivity contribution in [1.29, 1.82) is 0 Å². The summed E-state index contributed by atoms with van der Waals surface area (Å²) in [5, 5.41) is 9.38. The molecule has 1 heterocycles. The van der Waals surface area contributed by atoms with E-state index in [2.05, 4.69) is 16.9 Å². The molecule has 0 spiro atoms. The third-order valence-electron chi connectivity index (χ3n) is 3.28. The molecule has 1 fully saturated rings. The summed E-state index contributed by atoms with van der Waals surface area (Å²) in [6, 6.07) is 0. The molecular weight excluding hydrogens is 176 g/mol. The van der Waals surface area contributed by atoms with Crippen LogP contribution in [0.15, 0.2) is 0 Å². The number of aryl methyl sites for hydroxylation is 1. The summed E-state index contributed by atoms with van der Waals surface area (Å²) < 4.78 is 0. The maximum Gasteiger partial charge on any atom is 0.232 e. The number of hydrogen-bond donors (Lipinski definition) is 2. The minimum absolute atomic E-state index is 0.165. The molecule has 3 nitrogen and oxygen atoms in total. The fourth-order valence-corrected chi connectivity index (χ4v) is 2.20. The van der Waals surface area contributed by atoms with Gasteiger partial charge in [-0.25, -0.2) is 0 Å². The van der Waals surface area contributed by atoms with Crippen LogP contribution >= 0.6 is 0 Å². The Balaban J connectivity index is 2.08. The Hall–Kier alpha value is -0.990. The average Bonchev–Trinajstić information content (AvgIpc) is 2.48. The number of imidazole rings is 1. The molecule has 0 amide bonds. The molecule has 1 aromatic heterocycles. The van der Waals surface area contributed by atoms with E-state index in [4.69, 9.17) is 0 Å². The first-order valence-corrected chi connectivity index (χ1v) is 5.42. The van der Waals surface area contributed by atoms with Gasteiger partial charge in [-0.3, -0.25) is 0 Å². The van der Waals surface area contributed by atoms with Crippen molar-refractivity contribution in [3.8, 4) is 5.88 Å². The lowest BCUT2D eigenvalue weighted by Crippen LogP contribution is -2.11. The van der Waals surface area contributed by atoms with Crippen molar-refractivity contribution in [3.05, 3.63) is 11.5 Å². The molecule has 78 valence electrons. The monoisotopic (exact) mass is 194 g/mol. The topological polar surface area (TPSA) is 48.9 Å². The summed E-state index contributed by atoms with van der Waals surface area (Å²) in [4.78, 5) is 7.33. The van der Waals surface area contributed by atoms with Crippen molar-refractivity contribution in [2.45, 2.75) is 45.4 Å². The predicted octanol–water partition coefficient (Wildman–Crippen LogP) is 2.72. The van der Waals surface area contributed by atoms with Crippen molar-refractivity contribution < 1.29 is 5.11 Å². The van der Waals surface area contributed by atoms with E-state index in [9.17, 15) is 5.11 Å². The highest BCUT2D eigenvalue weighted by atomic mass is 16.3. The minimum atomic E-state index is 0.165. The van der Waals surface area contributed by atoms with Crippen LogP contribution in [-0.2, 0) is 0 Å². The van der Waals surface area contributed by atoms with Crippen molar-refractivity contribution >= 4 is 0 Å². The van der Waals surface area contributed by atoms with E-state index in [1.54, 1.807) is 0 Å². The molecule has 2 rings (SSSR count). The largest absolute Gasteiger partial charge is 0.492 e. The van der Waals surface area contributed by atoms with Gasteiger partial charge in [0, 0.05) is 5.92 Å². The summed E-state index contributed by atoms with van der Waals surface area (Å²) >= 11 is 0. The molecule has 2 N–H and O–H groups in total. The van der Waals surface area contributed by atoms with Crippen LogP contribution < -0.4 is 0 Å². The van der Waals surface area contributed by atoms with Crippen molar-refractivity contribution in [2.75, 3.05) is 0 Å². The van der Waals surface area contributed by atoms with Gasteiger partial charge in [-0.1, -0.05) is 19.8 Å². The fraction of sp³-hybridized carbons (Fsp3) is 0.727. The molecule has 1 saturated carbocycles. The predicted molar refractivity (Wildman–Crippen MR) is 55.4 cm³/mol. The lowest BCUT2D eigenvalue weighted by Gasteiger charge is -2.24. The second-order valence-corrected chi connectivity index (χ2v) is 4.53. The molecule has 0 aliphatic heterocycles. The third-order valence-corrected chi connectivity index (χ3v) is 3.28. The van der Waals surface area contributed by atoms with Gasteiger partial charge >= 0.3 is 0 Å². The molecule has 0 radical (unpaired) electrons. The Morgan fingerprint density at radius 2 is 1.93 bits per heavy atom. The second kappa shape index (κ2) is 3.64. The van der Waals surface area contributed by atoms with Gasteiger partial charge in [0.05, 0.1) is 5.69 Å². The van der Waals surface area contributed by atoms with Gasteiger partial charge in [-0.15, -0.1) is 0 Å².